The molecule has 0 saturated heterocycles. The van der Waals surface area contributed by atoms with Crippen LogP contribution in [-0.2, 0) is 10.8 Å². The number of rotatable bonds is 5. The van der Waals surface area contributed by atoms with Gasteiger partial charge in [-0.1, -0.05) is 270 Å². The van der Waals surface area contributed by atoms with Gasteiger partial charge >= 0.3 is 0 Å². The summed E-state index contributed by atoms with van der Waals surface area (Å²) in [4.78, 5) is 0. The highest BCUT2D eigenvalue weighted by Crippen LogP contribution is 2.55. The molecule has 0 fully saturated rings. The summed E-state index contributed by atoms with van der Waals surface area (Å²) < 4.78 is 2.70. The van der Waals surface area contributed by atoms with Gasteiger partial charge in [-0.25, -0.2) is 0 Å². The molecule has 1 heteroatoms. The Labute approximate surface area is 534 Å². The molecule has 0 nitrogen and oxygen atoms in total. The van der Waals surface area contributed by atoms with Gasteiger partial charge in [0.15, 0.2) is 0 Å². The molecule has 91 heavy (non-hydrogen) atoms. The largest absolute Gasteiger partial charge is 0.135 e. The molecule has 0 radical (unpaired) electrons. The Kier molecular flexibility index (Phi) is 12.0. The number of thiophene rings is 1. The van der Waals surface area contributed by atoms with Gasteiger partial charge in [0.05, 0.1) is 0 Å². The van der Waals surface area contributed by atoms with E-state index in [4.69, 9.17) is 0 Å². The first-order chi connectivity index (χ1) is 44.6. The molecule has 0 N–H and O–H groups in total. The highest BCUT2D eigenvalue weighted by molar-refractivity contribution is 7.26. The van der Waals surface area contributed by atoms with Crippen molar-refractivity contribution in [3.63, 3.8) is 0 Å². The van der Waals surface area contributed by atoms with E-state index in [1.807, 2.05) is 11.3 Å². The molecule has 0 saturated carbocycles. The fourth-order valence-corrected chi connectivity index (χ4v) is 17.2. The van der Waals surface area contributed by atoms with E-state index >= 15 is 0 Å². The lowest BCUT2D eigenvalue weighted by atomic mass is 9.78. The lowest BCUT2D eigenvalue weighted by Crippen LogP contribution is -2.16. The Bertz CT molecular complexity index is 5910. The van der Waals surface area contributed by atoms with Gasteiger partial charge in [-0.05, 0) is 225 Å². The summed E-state index contributed by atoms with van der Waals surface area (Å²) in [5, 5.41) is 18.3. The van der Waals surface area contributed by atoms with E-state index in [1.165, 1.54) is 185 Å². The Morgan fingerprint density at radius 2 is 0.582 bits per heavy atom. The number of fused-ring (bicyclic) bond motifs is 18. The van der Waals surface area contributed by atoms with Gasteiger partial charge in [0, 0.05) is 31.0 Å². The van der Waals surface area contributed by atoms with Crippen molar-refractivity contribution in [2.45, 2.75) is 38.5 Å². The lowest BCUT2D eigenvalue weighted by molar-refractivity contribution is 0.667. The maximum absolute atomic E-state index is 2.41. The van der Waals surface area contributed by atoms with Crippen LogP contribution in [0, 0.1) is 0 Å². The fourth-order valence-electron chi connectivity index (χ4n) is 15.9. The Balaban J connectivity index is 0.000000136. The zero-order chi connectivity index (χ0) is 60.7. The molecule has 0 amide bonds. The first-order valence-electron chi connectivity index (χ1n) is 31.9. The highest BCUT2D eigenvalue weighted by atomic mass is 32.1. The summed E-state index contributed by atoms with van der Waals surface area (Å²) in [6, 6.07) is 113. The Morgan fingerprint density at radius 3 is 1.19 bits per heavy atom. The van der Waals surface area contributed by atoms with Crippen molar-refractivity contribution in [2.75, 3.05) is 0 Å². The topological polar surface area (TPSA) is 0 Å². The van der Waals surface area contributed by atoms with Crippen LogP contribution in [0.25, 0.3) is 163 Å². The van der Waals surface area contributed by atoms with Crippen molar-refractivity contribution < 1.29 is 0 Å². The van der Waals surface area contributed by atoms with Crippen LogP contribution in [0.3, 0.4) is 0 Å². The molecule has 0 atom stereocenters. The van der Waals surface area contributed by atoms with E-state index in [9.17, 15) is 0 Å². The molecule has 0 unspecified atom stereocenters. The molecule has 19 rings (SSSR count). The summed E-state index contributed by atoms with van der Waals surface area (Å²) in [6.45, 7) is 9.57. The maximum Gasteiger partial charge on any atom is 0.0433 e. The zero-order valence-corrected chi connectivity index (χ0v) is 52.1. The third-order valence-corrected chi connectivity index (χ3v) is 21.6. The van der Waals surface area contributed by atoms with Gasteiger partial charge in [-0.2, -0.15) is 0 Å². The van der Waals surface area contributed by atoms with Crippen molar-refractivity contribution in [2.24, 2.45) is 0 Å². The molecule has 16 aromatic carbocycles. The van der Waals surface area contributed by atoms with Crippen molar-refractivity contribution >= 4 is 96.1 Å². The predicted octanol–water partition coefficient (Wildman–Crippen LogP) is 25.6. The second-order valence-corrected chi connectivity index (χ2v) is 27.4. The van der Waals surface area contributed by atoms with E-state index in [1.54, 1.807) is 0 Å². The van der Waals surface area contributed by atoms with Crippen LogP contribution < -0.4 is 0 Å². The quantitative estimate of drug-likeness (QED) is 0.161. The van der Waals surface area contributed by atoms with E-state index in [0.717, 1.165) is 0 Å². The van der Waals surface area contributed by atoms with E-state index in [-0.39, 0.29) is 10.8 Å². The van der Waals surface area contributed by atoms with Crippen molar-refractivity contribution in [3.05, 3.63) is 326 Å². The molecule has 2 aliphatic carbocycles. The molecular formula is C90H62S. The third-order valence-electron chi connectivity index (χ3n) is 20.3. The van der Waals surface area contributed by atoms with Crippen LogP contribution in [0.5, 0.6) is 0 Å². The van der Waals surface area contributed by atoms with Crippen LogP contribution >= 0.6 is 11.3 Å². The predicted molar refractivity (Wildman–Crippen MR) is 393 cm³/mol. The third kappa shape index (κ3) is 8.56. The SMILES string of the molecule is CC1(C)c2c(ccc3ccccc23)-c2ccc3cc(-c4cccc(-c5cccc6c5sc5ccccc56)c4)ccc3c21.CC1(C)c2cc3ccccc3cc2-c2ccc3cc(-c4cccc(-c5ccc6cc(-c7ccc8ccccc8c7)ccc6c5)c4)ccc3c21. The Morgan fingerprint density at radius 1 is 0.209 bits per heavy atom. The fraction of sp³-hybridized carbons (Fsp3) is 0.0667. The van der Waals surface area contributed by atoms with Gasteiger partial charge in [0.1, 0.15) is 0 Å². The summed E-state index contributed by atoms with van der Waals surface area (Å²) in [5.74, 6) is 0. The maximum atomic E-state index is 2.41. The average Bonchev–Trinajstić information content (AvgIpc) is 1.57. The van der Waals surface area contributed by atoms with Gasteiger partial charge in [-0.3, -0.25) is 0 Å². The minimum absolute atomic E-state index is 0.0675. The lowest BCUT2D eigenvalue weighted by Gasteiger charge is -2.24. The van der Waals surface area contributed by atoms with Crippen LogP contribution in [0.2, 0.25) is 0 Å². The van der Waals surface area contributed by atoms with Crippen LogP contribution in [0.4, 0.5) is 0 Å². The highest BCUT2D eigenvalue weighted by Gasteiger charge is 2.39. The molecule has 17 aromatic rings. The van der Waals surface area contributed by atoms with Gasteiger partial charge in [-0.15, -0.1) is 11.3 Å². The van der Waals surface area contributed by atoms with E-state index in [2.05, 4.69) is 331 Å². The number of benzene rings is 16. The average molecular weight is 1180 g/mol. The number of hydrogen-bond donors (Lipinski definition) is 0. The van der Waals surface area contributed by atoms with Gasteiger partial charge < -0.3 is 0 Å². The second-order valence-electron chi connectivity index (χ2n) is 26.3. The van der Waals surface area contributed by atoms with Crippen LogP contribution in [0.1, 0.15) is 49.9 Å². The molecule has 1 aromatic heterocycles. The summed E-state index contributed by atoms with van der Waals surface area (Å²) >= 11 is 1.89. The summed E-state index contributed by atoms with van der Waals surface area (Å²) in [7, 11) is 0. The molecule has 428 valence electrons. The van der Waals surface area contributed by atoms with E-state index in [0.29, 0.717) is 0 Å². The van der Waals surface area contributed by atoms with Gasteiger partial charge in [0.2, 0.25) is 0 Å². The summed E-state index contributed by atoms with van der Waals surface area (Å²) in [6.07, 6.45) is 0. The summed E-state index contributed by atoms with van der Waals surface area (Å²) in [5.41, 5.74) is 23.6. The monoisotopic (exact) mass is 1170 g/mol. The Hall–Kier alpha value is -10.7. The standard InChI is InChI=1S/C49H34.C41H28S/c1-49(2)47-30-36-11-6-5-10-35(36)29-46(47)45-23-21-43-28-42(20-22-44(43)48(45)49)34-13-7-12-33(25-34)37-16-17-41-27-40(19-18-39(41)26-37)38-15-14-31-8-3-4-9-32(31)24-38;1-41(2)38-30-12-4-3-9-25(30)17-21-34(38)35-22-19-29-24-27(18-20-31(29)39(35)41)26-10-7-11-28(23-26)32-14-8-15-36-33-13-5-6-16-37(33)42-40(32)36/h3-30H,1-2H3;3-24H,1-2H3. The molecule has 0 aliphatic heterocycles. The molecule has 0 bridgehead atoms. The normalized spacial score (nSPS) is 13.5. The second kappa shape index (κ2) is 20.4. The molecular weight excluding hydrogens is 1110 g/mol. The van der Waals surface area contributed by atoms with Crippen molar-refractivity contribution in [1.82, 2.24) is 0 Å². The first kappa shape index (κ1) is 53.3. The molecule has 0 spiro atoms. The van der Waals surface area contributed by atoms with Crippen molar-refractivity contribution in [3.8, 4) is 77.9 Å². The minimum atomic E-state index is -0.0740. The van der Waals surface area contributed by atoms with Gasteiger partial charge in [0.25, 0.3) is 0 Å². The smallest absolute Gasteiger partial charge is 0.0433 e. The minimum Gasteiger partial charge on any atom is -0.135 e. The van der Waals surface area contributed by atoms with Crippen molar-refractivity contribution in [1.29, 1.82) is 0 Å². The molecule has 1 heterocycles. The van der Waals surface area contributed by atoms with Crippen LogP contribution in [-0.4, -0.2) is 0 Å². The van der Waals surface area contributed by atoms with Crippen LogP contribution in [0.15, 0.2) is 303 Å². The molecule has 2 aliphatic rings. The zero-order valence-electron chi connectivity index (χ0n) is 51.3. The number of hydrogen-bond acceptors (Lipinski definition) is 1. The first-order valence-corrected chi connectivity index (χ1v) is 32.7. The van der Waals surface area contributed by atoms with E-state index < -0.39 is 0 Å².